The quantitative estimate of drug-likeness (QED) is 0.874. The van der Waals surface area contributed by atoms with Crippen molar-refractivity contribution >= 4 is 38.3 Å². The van der Waals surface area contributed by atoms with E-state index >= 15 is 0 Å². The Labute approximate surface area is 116 Å². The maximum atomic E-state index is 5.98. The van der Waals surface area contributed by atoms with Crippen molar-refractivity contribution in [3.8, 4) is 0 Å². The van der Waals surface area contributed by atoms with E-state index in [2.05, 4.69) is 17.2 Å². The highest BCUT2D eigenvalue weighted by Crippen LogP contribution is 2.32. The molecular formula is C14H17ClN2S. The molecule has 3 rings (SSSR count). The number of aromatic nitrogens is 1. The first-order chi connectivity index (χ1) is 8.70. The van der Waals surface area contributed by atoms with Crippen LogP contribution in [0.5, 0.6) is 0 Å². The Hall–Kier alpha value is -0.800. The Bertz CT molecular complexity index is 552. The number of thiazole rings is 1. The molecule has 0 bridgehead atoms. The normalized spacial score (nSPS) is 23.7. The molecule has 0 aliphatic heterocycles. The molecule has 1 aromatic carbocycles. The smallest absolute Gasteiger partial charge is 0.183 e. The number of benzene rings is 1. The molecule has 18 heavy (non-hydrogen) atoms. The van der Waals surface area contributed by atoms with Crippen LogP contribution in [-0.4, -0.2) is 11.5 Å². The van der Waals surface area contributed by atoms with Crippen LogP contribution in [0.1, 0.15) is 26.2 Å². The summed E-state index contributed by atoms with van der Waals surface area (Å²) in [6, 6.07) is 5.86. The van der Waals surface area contributed by atoms with Gasteiger partial charge in [0, 0.05) is 11.6 Å². The lowest BCUT2D eigenvalue weighted by Gasteiger charge is -2.09. The van der Waals surface area contributed by atoms with E-state index in [1.807, 2.05) is 18.2 Å². The molecule has 1 aliphatic carbocycles. The number of halogens is 1. The van der Waals surface area contributed by atoms with Gasteiger partial charge in [-0.2, -0.15) is 0 Å². The average Bonchev–Trinajstić information content (AvgIpc) is 2.92. The van der Waals surface area contributed by atoms with Gasteiger partial charge in [-0.1, -0.05) is 36.3 Å². The van der Waals surface area contributed by atoms with Crippen LogP contribution in [-0.2, 0) is 0 Å². The van der Waals surface area contributed by atoms with E-state index in [1.165, 1.54) is 19.3 Å². The van der Waals surface area contributed by atoms with Crippen molar-refractivity contribution in [2.45, 2.75) is 26.2 Å². The third-order valence-electron chi connectivity index (χ3n) is 3.70. The van der Waals surface area contributed by atoms with Crippen molar-refractivity contribution in [3.05, 3.63) is 23.2 Å². The van der Waals surface area contributed by atoms with E-state index in [-0.39, 0.29) is 0 Å². The van der Waals surface area contributed by atoms with Crippen molar-refractivity contribution in [3.63, 3.8) is 0 Å². The summed E-state index contributed by atoms with van der Waals surface area (Å²) in [6.07, 6.45) is 4.08. The molecule has 0 spiro atoms. The Morgan fingerprint density at radius 2 is 2.33 bits per heavy atom. The van der Waals surface area contributed by atoms with Gasteiger partial charge in [-0.25, -0.2) is 4.98 Å². The summed E-state index contributed by atoms with van der Waals surface area (Å²) in [5, 5.41) is 5.28. The summed E-state index contributed by atoms with van der Waals surface area (Å²) in [6.45, 7) is 3.40. The Morgan fingerprint density at radius 3 is 3.11 bits per heavy atom. The topological polar surface area (TPSA) is 24.9 Å². The zero-order valence-corrected chi connectivity index (χ0v) is 12.0. The van der Waals surface area contributed by atoms with E-state index in [9.17, 15) is 0 Å². The lowest BCUT2D eigenvalue weighted by atomic mass is 10.1. The molecule has 0 amide bonds. The zero-order valence-electron chi connectivity index (χ0n) is 10.4. The molecule has 2 atom stereocenters. The van der Waals surface area contributed by atoms with Gasteiger partial charge < -0.3 is 5.32 Å². The summed E-state index contributed by atoms with van der Waals surface area (Å²) in [5.41, 5.74) is 1.03. The maximum absolute atomic E-state index is 5.98. The highest BCUT2D eigenvalue weighted by atomic mass is 35.5. The molecule has 1 fully saturated rings. The first-order valence-electron chi connectivity index (χ1n) is 6.50. The molecule has 1 saturated carbocycles. The fraction of sp³-hybridized carbons (Fsp3) is 0.500. The van der Waals surface area contributed by atoms with Gasteiger partial charge in [-0.15, -0.1) is 0 Å². The van der Waals surface area contributed by atoms with Gasteiger partial charge in [0.25, 0.3) is 0 Å². The monoisotopic (exact) mass is 280 g/mol. The Kier molecular flexibility index (Phi) is 3.44. The summed E-state index contributed by atoms with van der Waals surface area (Å²) in [4.78, 5) is 4.58. The van der Waals surface area contributed by atoms with Crippen LogP contribution in [0.2, 0.25) is 5.02 Å². The van der Waals surface area contributed by atoms with E-state index in [0.717, 1.165) is 38.8 Å². The van der Waals surface area contributed by atoms with Gasteiger partial charge in [0.2, 0.25) is 0 Å². The summed E-state index contributed by atoms with van der Waals surface area (Å²) in [7, 11) is 0. The van der Waals surface area contributed by atoms with Crippen LogP contribution in [0, 0.1) is 11.8 Å². The average molecular weight is 281 g/mol. The van der Waals surface area contributed by atoms with Crippen molar-refractivity contribution in [2.24, 2.45) is 11.8 Å². The standard InChI is InChI=1S/C14H17ClN2S/c1-9-2-3-10(6-9)8-16-14-17-12-5-4-11(15)7-13(12)18-14/h4-5,7,9-10H,2-3,6,8H2,1H3,(H,16,17). The number of fused-ring (bicyclic) bond motifs is 1. The molecule has 2 unspecified atom stereocenters. The predicted molar refractivity (Wildman–Crippen MR) is 79.6 cm³/mol. The second-order valence-electron chi connectivity index (χ2n) is 5.30. The van der Waals surface area contributed by atoms with Gasteiger partial charge in [0.05, 0.1) is 10.2 Å². The van der Waals surface area contributed by atoms with Gasteiger partial charge in [-0.3, -0.25) is 0 Å². The number of hydrogen-bond acceptors (Lipinski definition) is 3. The van der Waals surface area contributed by atoms with E-state index in [0.29, 0.717) is 0 Å². The molecule has 96 valence electrons. The summed E-state index contributed by atoms with van der Waals surface area (Å²) >= 11 is 7.67. The highest BCUT2D eigenvalue weighted by Gasteiger charge is 2.21. The van der Waals surface area contributed by atoms with Crippen molar-refractivity contribution in [1.29, 1.82) is 0 Å². The molecule has 0 saturated heterocycles. The molecule has 1 N–H and O–H groups in total. The SMILES string of the molecule is CC1CCC(CNc2nc3ccc(Cl)cc3s2)C1. The second-order valence-corrected chi connectivity index (χ2v) is 6.76. The molecule has 4 heteroatoms. The number of nitrogens with zero attached hydrogens (tertiary/aromatic N) is 1. The van der Waals surface area contributed by atoms with E-state index < -0.39 is 0 Å². The Balaban J connectivity index is 1.67. The van der Waals surface area contributed by atoms with Gasteiger partial charge in [-0.05, 0) is 42.9 Å². The first kappa shape index (κ1) is 12.2. The number of hydrogen-bond donors (Lipinski definition) is 1. The van der Waals surface area contributed by atoms with Crippen molar-refractivity contribution in [2.75, 3.05) is 11.9 Å². The molecule has 2 aromatic rings. The van der Waals surface area contributed by atoms with Crippen LogP contribution < -0.4 is 5.32 Å². The molecule has 2 nitrogen and oxygen atoms in total. The minimum Gasteiger partial charge on any atom is -0.361 e. The number of nitrogens with one attached hydrogen (secondary N) is 1. The fourth-order valence-corrected chi connectivity index (χ4v) is 3.86. The Morgan fingerprint density at radius 1 is 1.44 bits per heavy atom. The lowest BCUT2D eigenvalue weighted by Crippen LogP contribution is -2.11. The lowest BCUT2D eigenvalue weighted by molar-refractivity contribution is 0.537. The molecule has 1 heterocycles. The minimum absolute atomic E-state index is 0.780. The molecule has 1 aliphatic rings. The van der Waals surface area contributed by atoms with Crippen LogP contribution in [0.4, 0.5) is 5.13 Å². The van der Waals surface area contributed by atoms with E-state index in [1.54, 1.807) is 11.3 Å². The van der Waals surface area contributed by atoms with Gasteiger partial charge >= 0.3 is 0 Å². The second kappa shape index (κ2) is 5.06. The minimum atomic E-state index is 0.780. The van der Waals surface area contributed by atoms with Crippen LogP contribution in [0.3, 0.4) is 0 Å². The summed E-state index contributed by atoms with van der Waals surface area (Å²) < 4.78 is 1.16. The molecule has 1 aromatic heterocycles. The number of anilines is 1. The van der Waals surface area contributed by atoms with Gasteiger partial charge in [0.15, 0.2) is 5.13 Å². The van der Waals surface area contributed by atoms with Crippen molar-refractivity contribution in [1.82, 2.24) is 4.98 Å². The first-order valence-corrected chi connectivity index (χ1v) is 7.70. The predicted octanol–water partition coefficient (Wildman–Crippen LogP) is 4.80. The summed E-state index contributed by atoms with van der Waals surface area (Å²) in [5.74, 6) is 1.71. The van der Waals surface area contributed by atoms with Crippen LogP contribution >= 0.6 is 22.9 Å². The number of rotatable bonds is 3. The third-order valence-corrected chi connectivity index (χ3v) is 4.91. The molecular weight excluding hydrogens is 264 g/mol. The van der Waals surface area contributed by atoms with E-state index in [4.69, 9.17) is 11.6 Å². The van der Waals surface area contributed by atoms with Crippen LogP contribution in [0.25, 0.3) is 10.2 Å². The molecule has 0 radical (unpaired) electrons. The van der Waals surface area contributed by atoms with Crippen LogP contribution in [0.15, 0.2) is 18.2 Å². The largest absolute Gasteiger partial charge is 0.361 e. The fourth-order valence-electron chi connectivity index (χ4n) is 2.72. The maximum Gasteiger partial charge on any atom is 0.183 e. The highest BCUT2D eigenvalue weighted by molar-refractivity contribution is 7.22. The van der Waals surface area contributed by atoms with Gasteiger partial charge in [0.1, 0.15) is 0 Å². The zero-order chi connectivity index (χ0) is 12.5. The third kappa shape index (κ3) is 2.62. The van der Waals surface area contributed by atoms with Crippen molar-refractivity contribution < 1.29 is 0 Å².